The second kappa shape index (κ2) is 5.48. The molecule has 0 fully saturated rings. The van der Waals surface area contributed by atoms with Gasteiger partial charge in [-0.05, 0) is 36.8 Å². The maximum absolute atomic E-state index is 11.2. The molecule has 4 N–H and O–H groups in total. The summed E-state index contributed by atoms with van der Waals surface area (Å²) >= 11 is 0. The van der Waals surface area contributed by atoms with Gasteiger partial charge in [0.1, 0.15) is 17.1 Å². The Hall–Kier alpha value is -2.76. The number of hydrogen-bond donors (Lipinski definition) is 3. The van der Waals surface area contributed by atoms with E-state index in [4.69, 9.17) is 15.6 Å². The molecule has 0 bridgehead atoms. The summed E-state index contributed by atoms with van der Waals surface area (Å²) in [4.78, 5) is 15.2. The van der Waals surface area contributed by atoms with Crippen molar-refractivity contribution in [3.05, 3.63) is 41.6 Å². The van der Waals surface area contributed by atoms with Crippen LogP contribution in [0.2, 0.25) is 0 Å². The Labute approximate surface area is 116 Å². The Bertz CT molecular complexity index is 656. The minimum atomic E-state index is -1.09. The van der Waals surface area contributed by atoms with E-state index >= 15 is 0 Å². The zero-order valence-corrected chi connectivity index (χ0v) is 11.2. The Balaban J connectivity index is 2.35. The third-order valence-electron chi connectivity index (χ3n) is 2.80. The number of hydrogen-bond acceptors (Lipinski definition) is 5. The van der Waals surface area contributed by atoms with Gasteiger partial charge in [-0.3, -0.25) is 0 Å². The highest BCUT2D eigenvalue weighted by Gasteiger charge is 2.12. The number of rotatable bonds is 4. The van der Waals surface area contributed by atoms with Crippen LogP contribution in [0, 0.1) is 6.92 Å². The topological polar surface area (TPSA) is 97.5 Å². The number of benzene rings is 1. The number of carboxylic acids is 1. The fourth-order valence-corrected chi connectivity index (χ4v) is 1.84. The molecule has 0 aliphatic heterocycles. The highest BCUT2D eigenvalue weighted by atomic mass is 16.5. The summed E-state index contributed by atoms with van der Waals surface area (Å²) in [6.07, 6.45) is 1.41. The van der Waals surface area contributed by atoms with Crippen LogP contribution >= 0.6 is 0 Å². The summed E-state index contributed by atoms with van der Waals surface area (Å²) in [5.74, 6) is -0.0759. The Morgan fingerprint density at radius 1 is 1.40 bits per heavy atom. The molecule has 1 aromatic carbocycles. The van der Waals surface area contributed by atoms with Crippen LogP contribution in [-0.2, 0) is 0 Å². The number of ether oxygens (including phenoxy) is 1. The van der Waals surface area contributed by atoms with Crippen molar-refractivity contribution in [3.8, 4) is 5.75 Å². The third-order valence-corrected chi connectivity index (χ3v) is 2.80. The van der Waals surface area contributed by atoms with Gasteiger partial charge in [-0.2, -0.15) is 0 Å². The molecule has 6 nitrogen and oxygen atoms in total. The average molecular weight is 273 g/mol. The van der Waals surface area contributed by atoms with Crippen LogP contribution in [-0.4, -0.2) is 23.2 Å². The minimum Gasteiger partial charge on any atom is -0.496 e. The maximum Gasteiger partial charge on any atom is 0.339 e. The smallest absolute Gasteiger partial charge is 0.339 e. The van der Waals surface area contributed by atoms with Crippen LogP contribution in [0.1, 0.15) is 15.9 Å². The van der Waals surface area contributed by atoms with E-state index in [1.807, 2.05) is 13.0 Å². The molecule has 1 aromatic heterocycles. The number of nitrogens with one attached hydrogen (secondary N) is 1. The van der Waals surface area contributed by atoms with Gasteiger partial charge >= 0.3 is 5.97 Å². The van der Waals surface area contributed by atoms with Crippen molar-refractivity contribution >= 4 is 23.2 Å². The van der Waals surface area contributed by atoms with E-state index in [0.29, 0.717) is 5.69 Å². The number of nitrogens with zero attached hydrogens (tertiary/aromatic N) is 1. The molecule has 0 spiro atoms. The molecule has 1 heterocycles. The monoisotopic (exact) mass is 273 g/mol. The van der Waals surface area contributed by atoms with E-state index in [9.17, 15) is 4.79 Å². The summed E-state index contributed by atoms with van der Waals surface area (Å²) in [5, 5.41) is 12.1. The van der Waals surface area contributed by atoms with Crippen LogP contribution < -0.4 is 15.8 Å². The molecule has 2 rings (SSSR count). The molecule has 2 aromatic rings. The Morgan fingerprint density at radius 2 is 2.15 bits per heavy atom. The molecule has 0 aliphatic rings. The summed E-state index contributed by atoms with van der Waals surface area (Å²) in [6.45, 7) is 1.90. The first-order chi connectivity index (χ1) is 9.51. The van der Waals surface area contributed by atoms with Gasteiger partial charge in [-0.1, -0.05) is 0 Å². The van der Waals surface area contributed by atoms with Crippen molar-refractivity contribution in [1.82, 2.24) is 4.98 Å². The molecule has 0 saturated carbocycles. The summed E-state index contributed by atoms with van der Waals surface area (Å²) in [6, 6.07) is 6.81. The molecule has 20 heavy (non-hydrogen) atoms. The van der Waals surface area contributed by atoms with Crippen molar-refractivity contribution in [2.75, 3.05) is 18.2 Å². The average Bonchev–Trinajstić information content (AvgIpc) is 2.41. The first kappa shape index (κ1) is 13.7. The van der Waals surface area contributed by atoms with E-state index in [2.05, 4.69) is 10.3 Å². The van der Waals surface area contributed by atoms with Gasteiger partial charge < -0.3 is 20.9 Å². The Morgan fingerprint density at radius 3 is 2.75 bits per heavy atom. The van der Waals surface area contributed by atoms with Gasteiger partial charge in [0.15, 0.2) is 0 Å². The normalized spacial score (nSPS) is 10.1. The first-order valence-corrected chi connectivity index (χ1v) is 5.91. The van der Waals surface area contributed by atoms with E-state index in [1.165, 1.54) is 12.3 Å². The molecule has 104 valence electrons. The highest BCUT2D eigenvalue weighted by Crippen LogP contribution is 2.25. The number of nitrogens with two attached hydrogens (primary N) is 1. The second-order valence-electron chi connectivity index (χ2n) is 4.28. The van der Waals surface area contributed by atoms with Crippen LogP contribution in [0.5, 0.6) is 5.75 Å². The number of nitrogen functional groups attached to an aromatic ring is 1. The van der Waals surface area contributed by atoms with Crippen molar-refractivity contribution in [1.29, 1.82) is 0 Å². The third kappa shape index (κ3) is 2.80. The number of pyridine rings is 1. The lowest BCUT2D eigenvalue weighted by Gasteiger charge is -2.11. The van der Waals surface area contributed by atoms with E-state index < -0.39 is 5.97 Å². The quantitative estimate of drug-likeness (QED) is 0.791. The molecule has 0 radical (unpaired) electrons. The summed E-state index contributed by atoms with van der Waals surface area (Å²) < 4.78 is 5.17. The predicted molar refractivity (Wildman–Crippen MR) is 76.6 cm³/mol. The lowest BCUT2D eigenvalue weighted by molar-refractivity contribution is 0.0697. The van der Waals surface area contributed by atoms with Crippen LogP contribution in [0.3, 0.4) is 0 Å². The van der Waals surface area contributed by atoms with Gasteiger partial charge in [0.2, 0.25) is 0 Å². The van der Waals surface area contributed by atoms with Crippen LogP contribution in [0.4, 0.5) is 17.2 Å². The van der Waals surface area contributed by atoms with E-state index in [-0.39, 0.29) is 11.4 Å². The molecule has 0 amide bonds. The molecule has 0 saturated heterocycles. The molecular formula is C14H15N3O3. The number of anilines is 3. The van der Waals surface area contributed by atoms with E-state index in [1.54, 1.807) is 19.2 Å². The van der Waals surface area contributed by atoms with Crippen LogP contribution in [0.25, 0.3) is 0 Å². The zero-order chi connectivity index (χ0) is 14.7. The van der Waals surface area contributed by atoms with Gasteiger partial charge in [-0.15, -0.1) is 0 Å². The molecule has 0 aliphatic carbocycles. The fraction of sp³-hybridized carbons (Fsp3) is 0.143. The lowest BCUT2D eigenvalue weighted by Crippen LogP contribution is -2.06. The van der Waals surface area contributed by atoms with Crippen molar-refractivity contribution in [2.24, 2.45) is 0 Å². The number of aryl methyl sites for hydroxylation is 1. The predicted octanol–water partition coefficient (Wildman–Crippen LogP) is 2.42. The first-order valence-electron chi connectivity index (χ1n) is 5.91. The summed E-state index contributed by atoms with van der Waals surface area (Å²) in [7, 11) is 1.60. The van der Waals surface area contributed by atoms with Gasteiger partial charge in [0.25, 0.3) is 0 Å². The maximum atomic E-state index is 11.2. The number of aromatic carboxylic acids is 1. The fourth-order valence-electron chi connectivity index (χ4n) is 1.84. The molecule has 6 heteroatoms. The van der Waals surface area contributed by atoms with Crippen molar-refractivity contribution in [2.45, 2.75) is 6.92 Å². The van der Waals surface area contributed by atoms with E-state index in [0.717, 1.165) is 17.0 Å². The van der Waals surface area contributed by atoms with Crippen LogP contribution in [0.15, 0.2) is 30.5 Å². The highest BCUT2D eigenvalue weighted by molar-refractivity contribution is 5.94. The SMILES string of the molecule is COc1ccc(Nc2ncc(N)cc2C(=O)O)cc1C. The van der Waals surface area contributed by atoms with Crippen molar-refractivity contribution in [3.63, 3.8) is 0 Å². The molecule has 0 unspecified atom stereocenters. The number of carboxylic acid groups (broad SMARTS) is 1. The number of carbonyl (C=O) groups is 1. The molecular weight excluding hydrogens is 258 g/mol. The molecule has 0 atom stereocenters. The van der Waals surface area contributed by atoms with Gasteiger partial charge in [0.05, 0.1) is 19.0 Å². The zero-order valence-electron chi connectivity index (χ0n) is 11.2. The standard InChI is InChI=1S/C14H15N3O3/c1-8-5-10(3-4-12(8)20-2)17-13-11(14(18)19)6-9(15)7-16-13/h3-7H,15H2,1-2H3,(H,16,17)(H,18,19). The summed E-state index contributed by atoms with van der Waals surface area (Å²) in [5.41, 5.74) is 7.54. The second-order valence-corrected chi connectivity index (χ2v) is 4.28. The lowest BCUT2D eigenvalue weighted by atomic mass is 10.2. The van der Waals surface area contributed by atoms with Gasteiger partial charge in [-0.25, -0.2) is 9.78 Å². The number of methoxy groups -OCH3 is 1. The Kier molecular flexibility index (Phi) is 3.74. The largest absolute Gasteiger partial charge is 0.496 e. The number of aromatic nitrogens is 1. The minimum absolute atomic E-state index is 0.0264. The van der Waals surface area contributed by atoms with Crippen molar-refractivity contribution < 1.29 is 14.6 Å². The van der Waals surface area contributed by atoms with Gasteiger partial charge in [0, 0.05) is 5.69 Å².